The van der Waals surface area contributed by atoms with Crippen molar-refractivity contribution in [3.05, 3.63) is 6.92 Å². The third kappa shape index (κ3) is 3.28. The molecule has 1 heterocycles. The van der Waals surface area contributed by atoms with Crippen molar-refractivity contribution in [2.75, 3.05) is 6.54 Å². The van der Waals surface area contributed by atoms with Crippen LogP contribution in [0.3, 0.4) is 0 Å². The molecule has 2 nitrogen and oxygen atoms in total. The predicted octanol–water partition coefficient (Wildman–Crippen LogP) is 2.67. The van der Waals surface area contributed by atoms with Gasteiger partial charge < -0.3 is 0 Å². The molecule has 1 rings (SSSR count). The topological polar surface area (TPSA) is 12.5 Å². The SMILES string of the molecule is [CH]C1CC(CCC)N(CCCC)O1. The monoisotopic (exact) mass is 183 g/mol. The molecule has 0 aromatic carbocycles. The van der Waals surface area contributed by atoms with Gasteiger partial charge in [0.2, 0.25) is 0 Å². The Balaban J connectivity index is 2.31. The molecule has 0 aromatic heterocycles. The van der Waals surface area contributed by atoms with Crippen LogP contribution in [0.25, 0.3) is 0 Å². The summed E-state index contributed by atoms with van der Waals surface area (Å²) in [5, 5.41) is 2.09. The Morgan fingerprint density at radius 2 is 2.15 bits per heavy atom. The van der Waals surface area contributed by atoms with Crippen molar-refractivity contribution in [1.82, 2.24) is 5.06 Å². The highest BCUT2D eigenvalue weighted by molar-refractivity contribution is 4.78. The molecule has 2 atom stereocenters. The minimum Gasteiger partial charge on any atom is -0.295 e. The maximum absolute atomic E-state index is 5.75. The second-order valence-electron chi connectivity index (χ2n) is 3.82. The smallest absolute Gasteiger partial charge is 0.0844 e. The molecule has 2 radical (unpaired) electrons. The first-order valence-electron chi connectivity index (χ1n) is 5.46. The molecule has 1 fully saturated rings. The quantitative estimate of drug-likeness (QED) is 0.649. The first kappa shape index (κ1) is 11.0. The van der Waals surface area contributed by atoms with E-state index in [1.807, 2.05) is 0 Å². The molecular formula is C11H21NO. The second kappa shape index (κ2) is 5.61. The van der Waals surface area contributed by atoms with Crippen molar-refractivity contribution >= 4 is 0 Å². The van der Waals surface area contributed by atoms with Gasteiger partial charge in [-0.25, -0.2) is 0 Å². The third-order valence-corrected chi connectivity index (χ3v) is 2.54. The molecule has 1 saturated heterocycles. The van der Waals surface area contributed by atoms with E-state index >= 15 is 0 Å². The Hall–Kier alpha value is -0.0800. The molecule has 13 heavy (non-hydrogen) atoms. The molecule has 1 aliphatic rings. The zero-order valence-corrected chi connectivity index (χ0v) is 8.83. The van der Waals surface area contributed by atoms with Gasteiger partial charge in [0.1, 0.15) is 0 Å². The van der Waals surface area contributed by atoms with E-state index in [-0.39, 0.29) is 6.10 Å². The van der Waals surface area contributed by atoms with Gasteiger partial charge >= 0.3 is 0 Å². The van der Waals surface area contributed by atoms with E-state index in [1.54, 1.807) is 0 Å². The van der Waals surface area contributed by atoms with E-state index in [2.05, 4.69) is 18.9 Å². The van der Waals surface area contributed by atoms with Gasteiger partial charge in [-0.3, -0.25) is 4.84 Å². The van der Waals surface area contributed by atoms with E-state index in [1.165, 1.54) is 25.7 Å². The van der Waals surface area contributed by atoms with Gasteiger partial charge in [-0.1, -0.05) is 26.7 Å². The Bertz CT molecular complexity index is 138. The highest BCUT2D eigenvalue weighted by atomic mass is 16.7. The third-order valence-electron chi connectivity index (χ3n) is 2.54. The fourth-order valence-electron chi connectivity index (χ4n) is 1.83. The average molecular weight is 183 g/mol. The molecule has 0 amide bonds. The summed E-state index contributed by atoms with van der Waals surface area (Å²) in [5.74, 6) is 0. The molecule has 76 valence electrons. The average Bonchev–Trinajstić information content (AvgIpc) is 2.44. The number of hydrogen-bond donors (Lipinski definition) is 0. The van der Waals surface area contributed by atoms with Gasteiger partial charge in [0.05, 0.1) is 6.10 Å². The summed E-state index contributed by atoms with van der Waals surface area (Å²) in [4.78, 5) is 5.54. The van der Waals surface area contributed by atoms with Crippen molar-refractivity contribution in [1.29, 1.82) is 0 Å². The lowest BCUT2D eigenvalue weighted by Gasteiger charge is -2.21. The summed E-state index contributed by atoms with van der Waals surface area (Å²) < 4.78 is 0. The van der Waals surface area contributed by atoms with E-state index in [0.717, 1.165) is 13.0 Å². The molecule has 0 spiro atoms. The number of hydroxylamine groups is 2. The summed E-state index contributed by atoms with van der Waals surface area (Å²) in [7, 11) is 0. The minimum absolute atomic E-state index is 0.0617. The van der Waals surface area contributed by atoms with Crippen LogP contribution >= 0.6 is 0 Å². The van der Waals surface area contributed by atoms with Crippen LogP contribution in [0.2, 0.25) is 0 Å². The number of rotatable bonds is 5. The summed E-state index contributed by atoms with van der Waals surface area (Å²) in [6, 6.07) is 0.562. The van der Waals surface area contributed by atoms with E-state index in [0.29, 0.717) is 6.04 Å². The van der Waals surface area contributed by atoms with Gasteiger partial charge in [0, 0.05) is 12.6 Å². The Kier molecular flexibility index (Phi) is 4.74. The van der Waals surface area contributed by atoms with Crippen molar-refractivity contribution < 1.29 is 4.84 Å². The van der Waals surface area contributed by atoms with Crippen LogP contribution in [0.4, 0.5) is 0 Å². The molecule has 0 saturated carbocycles. The van der Waals surface area contributed by atoms with Gasteiger partial charge in [-0.15, -0.1) is 0 Å². The first-order valence-corrected chi connectivity index (χ1v) is 5.46. The van der Waals surface area contributed by atoms with Crippen LogP contribution in [0, 0.1) is 6.92 Å². The van der Waals surface area contributed by atoms with Crippen LogP contribution in [0.1, 0.15) is 46.0 Å². The van der Waals surface area contributed by atoms with Crippen molar-refractivity contribution in [3.8, 4) is 0 Å². The summed E-state index contributed by atoms with van der Waals surface area (Å²) >= 11 is 0. The highest BCUT2D eigenvalue weighted by Gasteiger charge is 2.29. The summed E-state index contributed by atoms with van der Waals surface area (Å²) in [5.41, 5.74) is 0. The lowest BCUT2D eigenvalue weighted by molar-refractivity contribution is -0.153. The molecule has 0 N–H and O–H groups in total. The van der Waals surface area contributed by atoms with Crippen LogP contribution in [-0.2, 0) is 4.84 Å². The molecular weight excluding hydrogens is 162 g/mol. The van der Waals surface area contributed by atoms with E-state index < -0.39 is 0 Å². The normalized spacial score (nSPS) is 29.8. The summed E-state index contributed by atoms with van der Waals surface area (Å²) in [6.45, 7) is 11.2. The summed E-state index contributed by atoms with van der Waals surface area (Å²) in [6.07, 6.45) is 5.77. The first-order chi connectivity index (χ1) is 6.27. The lowest BCUT2D eigenvalue weighted by Crippen LogP contribution is -2.29. The molecule has 2 unspecified atom stereocenters. The van der Waals surface area contributed by atoms with Crippen LogP contribution in [0.5, 0.6) is 0 Å². The maximum Gasteiger partial charge on any atom is 0.0844 e. The minimum atomic E-state index is -0.0617. The van der Waals surface area contributed by atoms with Crippen molar-refractivity contribution in [3.63, 3.8) is 0 Å². The van der Waals surface area contributed by atoms with E-state index in [9.17, 15) is 0 Å². The second-order valence-corrected chi connectivity index (χ2v) is 3.82. The Morgan fingerprint density at radius 3 is 2.77 bits per heavy atom. The largest absolute Gasteiger partial charge is 0.295 e. The molecule has 2 heteroatoms. The zero-order chi connectivity index (χ0) is 9.68. The molecule has 1 aliphatic heterocycles. The van der Waals surface area contributed by atoms with Crippen LogP contribution < -0.4 is 0 Å². The van der Waals surface area contributed by atoms with Gasteiger partial charge in [0.25, 0.3) is 0 Å². The van der Waals surface area contributed by atoms with E-state index in [4.69, 9.17) is 11.8 Å². The molecule has 0 aromatic rings. The number of nitrogens with zero attached hydrogens (tertiary/aromatic N) is 1. The number of hydrogen-bond acceptors (Lipinski definition) is 2. The van der Waals surface area contributed by atoms with Crippen molar-refractivity contribution in [2.45, 2.75) is 58.1 Å². The zero-order valence-electron chi connectivity index (χ0n) is 8.83. The van der Waals surface area contributed by atoms with Crippen molar-refractivity contribution in [2.24, 2.45) is 0 Å². The Morgan fingerprint density at radius 1 is 1.38 bits per heavy atom. The highest BCUT2D eigenvalue weighted by Crippen LogP contribution is 2.24. The maximum atomic E-state index is 5.75. The van der Waals surface area contributed by atoms with Gasteiger partial charge in [0.15, 0.2) is 0 Å². The van der Waals surface area contributed by atoms with Crippen LogP contribution in [-0.4, -0.2) is 23.8 Å². The fraction of sp³-hybridized carbons (Fsp3) is 0.909. The van der Waals surface area contributed by atoms with Gasteiger partial charge in [-0.05, 0) is 26.2 Å². The molecule has 0 aliphatic carbocycles. The van der Waals surface area contributed by atoms with Gasteiger partial charge in [-0.2, -0.15) is 5.06 Å². The fourth-order valence-corrected chi connectivity index (χ4v) is 1.83. The number of unbranched alkanes of at least 4 members (excludes halogenated alkanes) is 1. The predicted molar refractivity (Wildman–Crippen MR) is 54.1 cm³/mol. The lowest BCUT2D eigenvalue weighted by atomic mass is 10.1. The van der Waals surface area contributed by atoms with Crippen LogP contribution in [0.15, 0.2) is 0 Å². The molecule has 0 bridgehead atoms. The standard InChI is InChI=1S/C11H21NO/c1-4-6-8-12-11(7-5-2)9-10(3)13-12/h3,10-11H,4-9H2,1-2H3. The Labute approximate surface area is 82.2 Å².